The Kier molecular flexibility index (Phi) is 4.16. The maximum absolute atomic E-state index is 11.7. The van der Waals surface area contributed by atoms with Crippen LogP contribution in [0, 0.1) is 0 Å². The molecule has 0 saturated heterocycles. The molecule has 0 aliphatic carbocycles. The first-order valence-electron chi connectivity index (χ1n) is 4.97. The van der Waals surface area contributed by atoms with Gasteiger partial charge in [0.1, 0.15) is 10.6 Å². The Morgan fingerprint density at radius 3 is 2.35 bits per heavy atom. The molecule has 0 radical (unpaired) electrons. The molecule has 94 valence electrons. The van der Waals surface area contributed by atoms with E-state index in [2.05, 4.69) is 0 Å². The van der Waals surface area contributed by atoms with E-state index in [1.54, 1.807) is 40.0 Å². The number of amides is 1. The zero-order valence-electron chi connectivity index (χ0n) is 10.1. The van der Waals surface area contributed by atoms with Gasteiger partial charge in [0.05, 0.1) is 4.88 Å². The molecular formula is C11H14ClNO3S. The van der Waals surface area contributed by atoms with Gasteiger partial charge in [-0.3, -0.25) is 9.69 Å². The van der Waals surface area contributed by atoms with E-state index in [0.29, 0.717) is 9.88 Å². The van der Waals surface area contributed by atoms with Crippen molar-refractivity contribution in [3.8, 4) is 0 Å². The number of nitrogens with zero attached hydrogens (tertiary/aromatic N) is 1. The van der Waals surface area contributed by atoms with Crippen LogP contribution in [0.3, 0.4) is 0 Å². The first kappa shape index (κ1) is 14.0. The Morgan fingerprint density at radius 2 is 1.94 bits per heavy atom. The van der Waals surface area contributed by atoms with Crippen LogP contribution in [0.2, 0.25) is 0 Å². The van der Waals surface area contributed by atoms with Crippen molar-refractivity contribution in [3.05, 3.63) is 17.0 Å². The van der Waals surface area contributed by atoms with Crippen LogP contribution in [-0.4, -0.2) is 24.0 Å². The zero-order chi connectivity index (χ0) is 13.2. The minimum absolute atomic E-state index is 0.400. The minimum atomic E-state index is -0.548. The predicted octanol–water partition coefficient (Wildman–Crippen LogP) is 3.50. The van der Waals surface area contributed by atoms with Crippen LogP contribution < -0.4 is 4.90 Å². The summed E-state index contributed by atoms with van der Waals surface area (Å²) in [5, 5.41) is 0.0853. The molecule has 0 atom stereocenters. The molecule has 1 amide bonds. The SMILES string of the molecule is CN(C(=O)OC(C)(C)C)c1ccc(C(=O)Cl)s1. The molecule has 0 fully saturated rings. The standard InChI is InChI=1S/C11H14ClNO3S/c1-11(2,3)16-10(15)13(4)8-6-5-7(17-8)9(12)14/h5-6H,1-4H3. The van der Waals surface area contributed by atoms with Gasteiger partial charge in [-0.25, -0.2) is 4.79 Å². The van der Waals surface area contributed by atoms with Crippen LogP contribution in [-0.2, 0) is 4.74 Å². The number of carbonyl (C=O) groups is 2. The normalized spacial score (nSPS) is 11.1. The third kappa shape index (κ3) is 4.02. The lowest BCUT2D eigenvalue weighted by atomic mass is 10.2. The van der Waals surface area contributed by atoms with Gasteiger partial charge in [0.2, 0.25) is 0 Å². The second-order valence-electron chi connectivity index (χ2n) is 4.45. The van der Waals surface area contributed by atoms with Gasteiger partial charge in [-0.1, -0.05) is 0 Å². The fraction of sp³-hybridized carbons (Fsp3) is 0.455. The summed E-state index contributed by atoms with van der Waals surface area (Å²) in [6.07, 6.45) is -0.465. The van der Waals surface area contributed by atoms with Gasteiger partial charge in [0.15, 0.2) is 0 Å². The van der Waals surface area contributed by atoms with Gasteiger partial charge in [0, 0.05) is 7.05 Å². The molecule has 1 heterocycles. The molecule has 0 aromatic carbocycles. The number of anilines is 1. The Hall–Kier alpha value is -1.07. The third-order valence-corrected chi connectivity index (χ3v) is 3.26. The molecule has 0 N–H and O–H groups in total. The monoisotopic (exact) mass is 275 g/mol. The molecule has 1 aromatic heterocycles. The quantitative estimate of drug-likeness (QED) is 0.776. The zero-order valence-corrected chi connectivity index (χ0v) is 11.7. The maximum Gasteiger partial charge on any atom is 0.415 e. The lowest BCUT2D eigenvalue weighted by Crippen LogP contribution is -2.33. The molecule has 0 unspecified atom stereocenters. The summed E-state index contributed by atoms with van der Waals surface area (Å²) in [4.78, 5) is 24.4. The second-order valence-corrected chi connectivity index (χ2v) is 5.86. The van der Waals surface area contributed by atoms with Crippen molar-refractivity contribution < 1.29 is 14.3 Å². The average Bonchev–Trinajstić information content (AvgIpc) is 2.62. The second kappa shape index (κ2) is 5.06. The maximum atomic E-state index is 11.7. The van der Waals surface area contributed by atoms with Crippen LogP contribution >= 0.6 is 22.9 Å². The van der Waals surface area contributed by atoms with E-state index in [4.69, 9.17) is 16.3 Å². The van der Waals surface area contributed by atoms with Gasteiger partial charge >= 0.3 is 6.09 Å². The Bertz CT molecular complexity index is 436. The van der Waals surface area contributed by atoms with Crippen LogP contribution in [0.5, 0.6) is 0 Å². The number of hydrogen-bond donors (Lipinski definition) is 0. The van der Waals surface area contributed by atoms with Crippen molar-refractivity contribution in [2.45, 2.75) is 26.4 Å². The van der Waals surface area contributed by atoms with E-state index in [0.717, 1.165) is 11.3 Å². The number of ether oxygens (including phenoxy) is 1. The molecule has 1 rings (SSSR count). The van der Waals surface area contributed by atoms with E-state index < -0.39 is 16.9 Å². The van der Waals surface area contributed by atoms with E-state index in [9.17, 15) is 9.59 Å². The van der Waals surface area contributed by atoms with Crippen molar-refractivity contribution in [1.82, 2.24) is 0 Å². The lowest BCUT2D eigenvalue weighted by Gasteiger charge is -2.23. The molecule has 0 saturated carbocycles. The minimum Gasteiger partial charge on any atom is -0.443 e. The molecular weight excluding hydrogens is 262 g/mol. The van der Waals surface area contributed by atoms with Crippen LogP contribution in [0.15, 0.2) is 12.1 Å². The highest BCUT2D eigenvalue weighted by atomic mass is 35.5. The first-order chi connectivity index (χ1) is 7.70. The summed E-state index contributed by atoms with van der Waals surface area (Å²) in [6.45, 7) is 5.38. The van der Waals surface area contributed by atoms with E-state index in [1.807, 2.05) is 0 Å². The van der Waals surface area contributed by atoms with Crippen LogP contribution in [0.1, 0.15) is 30.4 Å². The van der Waals surface area contributed by atoms with Crippen LogP contribution in [0.25, 0.3) is 0 Å². The highest BCUT2D eigenvalue weighted by Gasteiger charge is 2.21. The smallest absolute Gasteiger partial charge is 0.415 e. The largest absolute Gasteiger partial charge is 0.443 e. The van der Waals surface area contributed by atoms with E-state index in [-0.39, 0.29) is 0 Å². The van der Waals surface area contributed by atoms with E-state index >= 15 is 0 Å². The highest BCUT2D eigenvalue weighted by Crippen LogP contribution is 2.27. The number of hydrogen-bond acceptors (Lipinski definition) is 4. The molecule has 0 aliphatic heterocycles. The van der Waals surface area contributed by atoms with Crippen molar-refractivity contribution in [1.29, 1.82) is 0 Å². The fourth-order valence-electron chi connectivity index (χ4n) is 1.03. The topological polar surface area (TPSA) is 46.6 Å². The number of carbonyl (C=O) groups excluding carboxylic acids is 2. The van der Waals surface area contributed by atoms with Crippen molar-refractivity contribution in [2.75, 3.05) is 11.9 Å². The fourth-order valence-corrected chi connectivity index (χ4v) is 2.00. The summed E-state index contributed by atoms with van der Waals surface area (Å²) < 4.78 is 5.20. The number of rotatable bonds is 2. The molecule has 6 heteroatoms. The van der Waals surface area contributed by atoms with Gasteiger partial charge in [-0.15, -0.1) is 11.3 Å². The molecule has 0 bridgehead atoms. The highest BCUT2D eigenvalue weighted by molar-refractivity contribution is 7.19. The summed E-state index contributed by atoms with van der Waals surface area (Å²) in [7, 11) is 1.59. The Balaban J connectivity index is 2.78. The van der Waals surface area contributed by atoms with Gasteiger partial charge in [-0.05, 0) is 44.5 Å². The molecule has 1 aromatic rings. The third-order valence-electron chi connectivity index (χ3n) is 1.78. The van der Waals surface area contributed by atoms with Crippen molar-refractivity contribution in [2.24, 2.45) is 0 Å². The number of halogens is 1. The van der Waals surface area contributed by atoms with Crippen molar-refractivity contribution in [3.63, 3.8) is 0 Å². The predicted molar refractivity (Wildman–Crippen MR) is 69.1 cm³/mol. The summed E-state index contributed by atoms with van der Waals surface area (Å²) in [5.74, 6) is 0. The molecule has 17 heavy (non-hydrogen) atoms. The van der Waals surface area contributed by atoms with Gasteiger partial charge < -0.3 is 4.74 Å². The van der Waals surface area contributed by atoms with Gasteiger partial charge in [-0.2, -0.15) is 0 Å². The van der Waals surface area contributed by atoms with Crippen LogP contribution in [0.4, 0.5) is 9.80 Å². The Labute approximate surface area is 109 Å². The van der Waals surface area contributed by atoms with Gasteiger partial charge in [0.25, 0.3) is 5.24 Å². The summed E-state index contributed by atoms with van der Waals surface area (Å²) in [5.41, 5.74) is -0.548. The molecule has 0 aliphatic rings. The van der Waals surface area contributed by atoms with Crippen molar-refractivity contribution >= 4 is 39.3 Å². The molecule has 4 nitrogen and oxygen atoms in total. The summed E-state index contributed by atoms with van der Waals surface area (Å²) in [6, 6.07) is 3.24. The summed E-state index contributed by atoms with van der Waals surface area (Å²) >= 11 is 6.49. The van der Waals surface area contributed by atoms with E-state index in [1.165, 1.54) is 4.90 Å². The average molecular weight is 276 g/mol. The Morgan fingerprint density at radius 1 is 1.35 bits per heavy atom. The molecule has 0 spiro atoms. The first-order valence-corrected chi connectivity index (χ1v) is 6.16. The number of thiophene rings is 1. The lowest BCUT2D eigenvalue weighted by molar-refractivity contribution is 0.0590.